The topological polar surface area (TPSA) is 46.2 Å². The maximum absolute atomic E-state index is 8.41. The van der Waals surface area contributed by atoms with Gasteiger partial charge in [0.25, 0.3) is 0 Å². The fourth-order valence-corrected chi connectivity index (χ4v) is 0. The molecule has 0 aliphatic carbocycles. The van der Waals surface area contributed by atoms with Crippen molar-refractivity contribution in [1.29, 1.82) is 0 Å². The van der Waals surface area contributed by atoms with Crippen LogP contribution in [0.1, 0.15) is 13.8 Å². The molecule has 0 aromatic heterocycles. The third kappa shape index (κ3) is 2.18. The Bertz CT molecular complexity index is 28.5. The minimum atomic E-state index is -0.648. The molecule has 0 aliphatic rings. The summed E-state index contributed by atoms with van der Waals surface area (Å²) in [6.07, 6.45) is -0.648. The Balaban J connectivity index is 2.99. The zero-order valence-corrected chi connectivity index (χ0v) is 4.18. The van der Waals surface area contributed by atoms with Gasteiger partial charge >= 0.3 is 0 Å². The number of hydrogen-bond acceptors (Lipinski definition) is 2. The van der Waals surface area contributed by atoms with Crippen LogP contribution < -0.4 is 5.73 Å². The third-order valence-corrected chi connectivity index (χ3v) is 0.683. The van der Waals surface area contributed by atoms with Gasteiger partial charge in [-0.2, -0.15) is 0 Å². The molecule has 1 atom stereocenters. The van der Waals surface area contributed by atoms with E-state index in [1.54, 1.807) is 0 Å². The molecule has 0 aliphatic heterocycles. The first kappa shape index (κ1) is 5.92. The maximum Gasteiger partial charge on any atom is 0.104 e. The van der Waals surface area contributed by atoms with Crippen molar-refractivity contribution in [3.05, 3.63) is 0 Å². The monoisotopic (exact) mass is 89.1 g/mol. The van der Waals surface area contributed by atoms with E-state index in [9.17, 15) is 0 Å². The van der Waals surface area contributed by atoms with Gasteiger partial charge in [0.2, 0.25) is 0 Å². The molecule has 0 bridgehead atoms. The van der Waals surface area contributed by atoms with E-state index in [1.165, 1.54) is 0 Å². The van der Waals surface area contributed by atoms with Gasteiger partial charge in [-0.05, 0) is 5.92 Å². The highest BCUT2D eigenvalue weighted by Gasteiger charge is 1.97. The lowest BCUT2D eigenvalue weighted by Gasteiger charge is -2.04. The number of aliphatic hydroxyl groups excluding tert-OH is 1. The molecule has 0 fully saturated rings. The predicted molar refractivity (Wildman–Crippen MR) is 25.0 cm³/mol. The van der Waals surface area contributed by atoms with Crippen molar-refractivity contribution in [2.45, 2.75) is 20.1 Å². The van der Waals surface area contributed by atoms with Crippen LogP contribution in [-0.2, 0) is 0 Å². The first-order chi connectivity index (χ1) is 2.64. The average Bonchev–Trinajstić information content (AvgIpc) is 1.36. The zero-order valence-electron chi connectivity index (χ0n) is 4.18. The van der Waals surface area contributed by atoms with Gasteiger partial charge in [-0.25, -0.2) is 0 Å². The van der Waals surface area contributed by atoms with Gasteiger partial charge in [-0.3, -0.25) is 0 Å². The van der Waals surface area contributed by atoms with Gasteiger partial charge < -0.3 is 10.8 Å². The van der Waals surface area contributed by atoms with Crippen molar-refractivity contribution in [2.24, 2.45) is 11.7 Å². The fraction of sp³-hybridized carbons (Fsp3) is 1.00. The highest BCUT2D eigenvalue weighted by molar-refractivity contribution is 4.46. The highest BCUT2D eigenvalue weighted by Crippen LogP contribution is 1.90. The lowest BCUT2D eigenvalue weighted by molar-refractivity contribution is 0.132. The quantitative estimate of drug-likeness (QED) is 0.441. The van der Waals surface area contributed by atoms with Crippen molar-refractivity contribution in [1.82, 2.24) is 0 Å². The lowest BCUT2D eigenvalue weighted by atomic mass is 10.2. The number of nitrogens with two attached hydrogens (primary N) is 1. The second kappa shape index (κ2) is 2.16. The summed E-state index contributed by atoms with van der Waals surface area (Å²) in [5, 5.41) is 8.41. The van der Waals surface area contributed by atoms with E-state index in [-0.39, 0.29) is 5.92 Å². The predicted octanol–water partition coefficient (Wildman–Crippen LogP) is -0.0805. The Morgan fingerprint density at radius 3 is 1.67 bits per heavy atom. The van der Waals surface area contributed by atoms with Gasteiger partial charge in [0, 0.05) is 0 Å². The minimum Gasteiger partial charge on any atom is -0.379 e. The van der Waals surface area contributed by atoms with Gasteiger partial charge in [0.1, 0.15) is 6.23 Å². The van der Waals surface area contributed by atoms with Crippen LogP contribution in [0.25, 0.3) is 0 Å². The average molecular weight is 89.1 g/mol. The molecular weight excluding hydrogens is 78.0 g/mol. The van der Waals surface area contributed by atoms with E-state index in [0.717, 1.165) is 0 Å². The van der Waals surface area contributed by atoms with E-state index in [2.05, 4.69) is 0 Å². The van der Waals surface area contributed by atoms with E-state index in [1.807, 2.05) is 13.8 Å². The smallest absolute Gasteiger partial charge is 0.104 e. The Hall–Kier alpha value is -0.0800. The molecule has 0 saturated carbocycles. The van der Waals surface area contributed by atoms with E-state index < -0.39 is 6.23 Å². The molecule has 0 unspecified atom stereocenters. The summed E-state index contributed by atoms with van der Waals surface area (Å²) in [6, 6.07) is 0. The van der Waals surface area contributed by atoms with Crippen molar-refractivity contribution in [3.8, 4) is 0 Å². The van der Waals surface area contributed by atoms with E-state index >= 15 is 0 Å². The van der Waals surface area contributed by atoms with Crippen LogP contribution >= 0.6 is 0 Å². The summed E-state index contributed by atoms with van der Waals surface area (Å²) in [7, 11) is 0. The van der Waals surface area contributed by atoms with Crippen molar-refractivity contribution < 1.29 is 5.11 Å². The third-order valence-electron chi connectivity index (χ3n) is 0.683. The second-order valence-corrected chi connectivity index (χ2v) is 1.73. The molecule has 2 heteroatoms. The molecule has 38 valence electrons. The van der Waals surface area contributed by atoms with Crippen molar-refractivity contribution >= 4 is 0 Å². The first-order valence-corrected chi connectivity index (χ1v) is 2.08. The molecule has 0 saturated heterocycles. The van der Waals surface area contributed by atoms with Crippen LogP contribution in [0, 0.1) is 5.92 Å². The largest absolute Gasteiger partial charge is 0.379 e. The van der Waals surface area contributed by atoms with Gasteiger partial charge in [-0.15, -0.1) is 0 Å². The normalized spacial score (nSPS) is 15.5. The molecule has 0 aromatic rings. The summed E-state index contributed by atoms with van der Waals surface area (Å²) in [6.45, 7) is 3.73. The van der Waals surface area contributed by atoms with Crippen LogP contribution in [0.2, 0.25) is 0 Å². The standard InChI is InChI=1S/C4H11NO/c1-3(2)4(5)6/h3-4,6H,5H2,1-2H3/t4-/m1/s1. The second-order valence-electron chi connectivity index (χ2n) is 1.73. The van der Waals surface area contributed by atoms with Crippen LogP contribution in [0.3, 0.4) is 0 Å². The summed E-state index contributed by atoms with van der Waals surface area (Å²) in [5.41, 5.74) is 4.99. The molecule has 0 amide bonds. The Morgan fingerprint density at radius 2 is 1.67 bits per heavy atom. The van der Waals surface area contributed by atoms with Crippen molar-refractivity contribution in [2.75, 3.05) is 0 Å². The number of hydrogen-bond donors (Lipinski definition) is 2. The number of rotatable bonds is 1. The molecule has 3 N–H and O–H groups in total. The molecule has 0 spiro atoms. The zero-order chi connectivity index (χ0) is 5.15. The molecular formula is C4H11NO. The fourth-order valence-electron chi connectivity index (χ4n) is 0. The SMILES string of the molecule is CC(C)[C@H](N)O. The summed E-state index contributed by atoms with van der Waals surface area (Å²) < 4.78 is 0. The van der Waals surface area contributed by atoms with E-state index in [4.69, 9.17) is 10.8 Å². The minimum absolute atomic E-state index is 0.185. The van der Waals surface area contributed by atoms with Crippen LogP contribution in [0.4, 0.5) is 0 Å². The first-order valence-electron chi connectivity index (χ1n) is 2.08. The molecule has 0 rings (SSSR count). The maximum atomic E-state index is 8.41. The molecule has 0 heterocycles. The molecule has 2 nitrogen and oxygen atoms in total. The van der Waals surface area contributed by atoms with Gasteiger partial charge in [-0.1, -0.05) is 13.8 Å². The summed E-state index contributed by atoms with van der Waals surface area (Å²) in [5.74, 6) is 0.185. The highest BCUT2D eigenvalue weighted by atomic mass is 16.3. The molecule has 0 aromatic carbocycles. The van der Waals surface area contributed by atoms with E-state index in [0.29, 0.717) is 0 Å². The molecule has 0 radical (unpaired) electrons. The van der Waals surface area contributed by atoms with Crippen LogP contribution in [0.5, 0.6) is 0 Å². The Labute approximate surface area is 38.0 Å². The summed E-state index contributed by atoms with van der Waals surface area (Å²) in [4.78, 5) is 0. The van der Waals surface area contributed by atoms with Gasteiger partial charge in [0.05, 0.1) is 0 Å². The lowest BCUT2D eigenvalue weighted by Crippen LogP contribution is -2.24. The summed E-state index contributed by atoms with van der Waals surface area (Å²) >= 11 is 0. The van der Waals surface area contributed by atoms with Crippen molar-refractivity contribution in [3.63, 3.8) is 0 Å². The Kier molecular flexibility index (Phi) is 2.13. The van der Waals surface area contributed by atoms with Gasteiger partial charge in [0.15, 0.2) is 0 Å². The number of aliphatic hydroxyl groups is 1. The van der Waals surface area contributed by atoms with Crippen LogP contribution in [-0.4, -0.2) is 11.3 Å². The Morgan fingerprint density at radius 1 is 1.50 bits per heavy atom. The molecule has 6 heavy (non-hydrogen) atoms. The van der Waals surface area contributed by atoms with Crippen LogP contribution in [0.15, 0.2) is 0 Å².